The summed E-state index contributed by atoms with van der Waals surface area (Å²) < 4.78 is 27.5. The van der Waals surface area contributed by atoms with Crippen LogP contribution in [0.4, 0.5) is 5.69 Å². The first-order valence-corrected chi connectivity index (χ1v) is 7.29. The predicted octanol–water partition coefficient (Wildman–Crippen LogP) is 1.09. The Morgan fingerprint density at radius 2 is 2.15 bits per heavy atom. The maximum absolute atomic E-state index is 11.8. The summed E-state index contributed by atoms with van der Waals surface area (Å²) in [5.41, 5.74) is 0.948. The summed E-state index contributed by atoms with van der Waals surface area (Å²) in [7, 11) is -3.98. The fourth-order valence-corrected chi connectivity index (χ4v) is 2.42. The van der Waals surface area contributed by atoms with Gasteiger partial charge in [-0.2, -0.15) is 5.10 Å². The molecule has 0 amide bonds. The molecule has 2 aromatic rings. The Hall–Kier alpha value is -2.35. The molecule has 0 saturated carbocycles. The third kappa shape index (κ3) is 2.97. The predicted molar refractivity (Wildman–Crippen MR) is 73.2 cm³/mol. The van der Waals surface area contributed by atoms with E-state index in [2.05, 4.69) is 9.82 Å². The number of nitrogens with zero attached hydrogens (tertiary/aromatic N) is 2. The smallest absolute Gasteiger partial charge is 0.323 e. The molecule has 0 aliphatic carbocycles. The largest absolute Gasteiger partial charge is 0.480 e. The number of aliphatic carboxylic acids is 1. The van der Waals surface area contributed by atoms with E-state index in [4.69, 9.17) is 5.11 Å². The lowest BCUT2D eigenvalue weighted by Crippen LogP contribution is -2.32. The highest BCUT2D eigenvalue weighted by atomic mass is 32.2. The average molecular weight is 295 g/mol. The van der Waals surface area contributed by atoms with Gasteiger partial charge in [0, 0.05) is 12.4 Å². The molecule has 0 bridgehead atoms. The van der Waals surface area contributed by atoms with E-state index >= 15 is 0 Å². The Balaban J connectivity index is 2.27. The fraction of sp³-hybridized carbons (Fsp3) is 0.167. The van der Waals surface area contributed by atoms with Gasteiger partial charge in [0.15, 0.2) is 5.25 Å². The van der Waals surface area contributed by atoms with Crippen molar-refractivity contribution in [2.75, 3.05) is 4.72 Å². The van der Waals surface area contributed by atoms with E-state index < -0.39 is 21.2 Å². The number of rotatable bonds is 5. The molecule has 1 heterocycles. The number of sulfonamides is 1. The van der Waals surface area contributed by atoms with Gasteiger partial charge in [0.05, 0.1) is 11.4 Å². The summed E-state index contributed by atoms with van der Waals surface area (Å²) in [5.74, 6) is -1.40. The number of carboxylic acids is 1. The quantitative estimate of drug-likeness (QED) is 0.859. The van der Waals surface area contributed by atoms with Crippen molar-refractivity contribution < 1.29 is 18.3 Å². The highest BCUT2D eigenvalue weighted by Gasteiger charge is 2.27. The summed E-state index contributed by atoms with van der Waals surface area (Å²) in [6, 6.07) is 8.26. The van der Waals surface area contributed by atoms with Crippen molar-refractivity contribution >= 4 is 21.7 Å². The minimum absolute atomic E-state index is 0.283. The molecule has 106 valence electrons. The van der Waals surface area contributed by atoms with Crippen LogP contribution >= 0.6 is 0 Å². The number of hydrogen-bond acceptors (Lipinski definition) is 4. The van der Waals surface area contributed by atoms with Crippen LogP contribution in [0.1, 0.15) is 6.92 Å². The molecule has 20 heavy (non-hydrogen) atoms. The normalized spacial score (nSPS) is 12.8. The lowest BCUT2D eigenvalue weighted by atomic mass is 10.3. The molecule has 0 aliphatic heterocycles. The van der Waals surface area contributed by atoms with Crippen molar-refractivity contribution in [1.29, 1.82) is 0 Å². The maximum Gasteiger partial charge on any atom is 0.323 e. The van der Waals surface area contributed by atoms with Crippen LogP contribution in [0, 0.1) is 0 Å². The van der Waals surface area contributed by atoms with Crippen LogP contribution < -0.4 is 4.72 Å². The second-order valence-corrected chi connectivity index (χ2v) is 6.13. The van der Waals surface area contributed by atoms with E-state index in [1.165, 1.54) is 0 Å². The maximum atomic E-state index is 11.8. The van der Waals surface area contributed by atoms with Crippen molar-refractivity contribution in [3.05, 3.63) is 42.7 Å². The van der Waals surface area contributed by atoms with Crippen LogP contribution in [0.2, 0.25) is 0 Å². The van der Waals surface area contributed by atoms with Gasteiger partial charge in [-0.1, -0.05) is 6.07 Å². The third-order valence-corrected chi connectivity index (χ3v) is 4.34. The van der Waals surface area contributed by atoms with Gasteiger partial charge < -0.3 is 5.11 Å². The Morgan fingerprint density at radius 3 is 2.75 bits per heavy atom. The van der Waals surface area contributed by atoms with Crippen molar-refractivity contribution in [3.8, 4) is 5.69 Å². The number of carbonyl (C=O) groups is 1. The molecule has 0 saturated heterocycles. The second-order valence-electron chi connectivity index (χ2n) is 4.13. The van der Waals surface area contributed by atoms with Crippen molar-refractivity contribution in [3.63, 3.8) is 0 Å². The average Bonchev–Trinajstić information content (AvgIpc) is 2.91. The van der Waals surface area contributed by atoms with Gasteiger partial charge in [0.25, 0.3) is 0 Å². The fourth-order valence-electron chi connectivity index (χ4n) is 1.52. The molecule has 0 aliphatic rings. The summed E-state index contributed by atoms with van der Waals surface area (Å²) in [6.07, 6.45) is 3.32. The molecule has 8 heteroatoms. The standard InChI is InChI=1S/C12H13N3O4S/c1-9(12(16)17)20(18,19)14-10-4-2-5-11(8-10)15-7-3-6-13-15/h2-9,14H,1H3,(H,16,17). The number of carboxylic acid groups (broad SMARTS) is 1. The zero-order valence-corrected chi connectivity index (χ0v) is 11.4. The lowest BCUT2D eigenvalue weighted by molar-refractivity contribution is -0.136. The molecule has 1 aromatic heterocycles. The van der Waals surface area contributed by atoms with Crippen molar-refractivity contribution in [1.82, 2.24) is 9.78 Å². The van der Waals surface area contributed by atoms with E-state index in [1.807, 2.05) is 0 Å². The van der Waals surface area contributed by atoms with Crippen molar-refractivity contribution in [2.24, 2.45) is 0 Å². The minimum atomic E-state index is -3.98. The molecule has 2 rings (SSSR count). The first-order chi connectivity index (χ1) is 9.40. The Labute approximate surface area is 115 Å². The van der Waals surface area contributed by atoms with Gasteiger partial charge >= 0.3 is 5.97 Å². The van der Waals surface area contributed by atoms with Crippen LogP contribution in [0.5, 0.6) is 0 Å². The van der Waals surface area contributed by atoms with Gasteiger partial charge in [-0.15, -0.1) is 0 Å². The van der Waals surface area contributed by atoms with E-state index in [-0.39, 0.29) is 5.69 Å². The molecule has 1 unspecified atom stereocenters. The summed E-state index contributed by atoms with van der Waals surface area (Å²) in [4.78, 5) is 10.8. The van der Waals surface area contributed by atoms with Crippen molar-refractivity contribution in [2.45, 2.75) is 12.2 Å². The van der Waals surface area contributed by atoms with Crippen LogP contribution in [0.15, 0.2) is 42.7 Å². The molecule has 0 radical (unpaired) electrons. The van der Waals surface area contributed by atoms with Gasteiger partial charge in [-0.05, 0) is 31.2 Å². The van der Waals surface area contributed by atoms with Crippen LogP contribution in [-0.2, 0) is 14.8 Å². The number of nitrogens with one attached hydrogen (secondary N) is 1. The van der Waals surface area contributed by atoms with Gasteiger partial charge in [0.2, 0.25) is 10.0 Å². The molecule has 1 aromatic carbocycles. The molecule has 0 spiro atoms. The van der Waals surface area contributed by atoms with Gasteiger partial charge in [-0.3, -0.25) is 9.52 Å². The number of benzene rings is 1. The van der Waals surface area contributed by atoms with Crippen LogP contribution in [-0.4, -0.2) is 34.5 Å². The first-order valence-electron chi connectivity index (χ1n) is 5.74. The van der Waals surface area contributed by atoms with Crippen LogP contribution in [0.25, 0.3) is 5.69 Å². The molecule has 2 N–H and O–H groups in total. The summed E-state index contributed by atoms with van der Waals surface area (Å²) in [6.45, 7) is 1.11. The van der Waals surface area contributed by atoms with Gasteiger partial charge in [-0.25, -0.2) is 13.1 Å². The monoisotopic (exact) mass is 295 g/mol. The molecular weight excluding hydrogens is 282 g/mol. The third-order valence-electron chi connectivity index (χ3n) is 2.69. The van der Waals surface area contributed by atoms with E-state index in [1.54, 1.807) is 47.4 Å². The summed E-state index contributed by atoms with van der Waals surface area (Å²) in [5, 5.41) is 11.3. The zero-order chi connectivity index (χ0) is 14.8. The SMILES string of the molecule is CC(C(=O)O)S(=O)(=O)Nc1cccc(-n2cccn2)c1. The van der Waals surface area contributed by atoms with E-state index in [9.17, 15) is 13.2 Å². The molecule has 0 fully saturated rings. The molecule has 1 atom stereocenters. The minimum Gasteiger partial charge on any atom is -0.480 e. The van der Waals surface area contributed by atoms with E-state index in [0.29, 0.717) is 5.69 Å². The summed E-state index contributed by atoms with van der Waals surface area (Å²) >= 11 is 0. The number of aromatic nitrogens is 2. The lowest BCUT2D eigenvalue weighted by Gasteiger charge is -2.12. The number of anilines is 1. The second kappa shape index (κ2) is 5.33. The van der Waals surface area contributed by atoms with Gasteiger partial charge in [0.1, 0.15) is 0 Å². The highest BCUT2D eigenvalue weighted by molar-refractivity contribution is 7.94. The van der Waals surface area contributed by atoms with E-state index in [0.717, 1.165) is 6.92 Å². The molecular formula is C12H13N3O4S. The zero-order valence-electron chi connectivity index (χ0n) is 10.6. The highest BCUT2D eigenvalue weighted by Crippen LogP contribution is 2.16. The Kier molecular flexibility index (Phi) is 3.75. The Bertz CT molecular complexity index is 710. The Morgan fingerprint density at radius 1 is 1.40 bits per heavy atom. The topological polar surface area (TPSA) is 101 Å². The van der Waals surface area contributed by atoms with Crippen LogP contribution in [0.3, 0.4) is 0 Å². The molecule has 7 nitrogen and oxygen atoms in total. The number of hydrogen-bond donors (Lipinski definition) is 2. The first kappa shape index (κ1) is 14.1.